The Kier molecular flexibility index (Phi) is 3.12. The molecule has 0 radical (unpaired) electrons. The fourth-order valence-electron chi connectivity index (χ4n) is 2.15. The zero-order valence-electron chi connectivity index (χ0n) is 11.5. The minimum atomic E-state index is 0.320. The fourth-order valence-corrected chi connectivity index (χ4v) is 2.15. The van der Waals surface area contributed by atoms with Gasteiger partial charge < -0.3 is 10.2 Å². The topological polar surface area (TPSA) is 69.9 Å². The highest BCUT2D eigenvalue weighted by molar-refractivity contribution is 5.59. The average molecular weight is 268 g/mol. The van der Waals surface area contributed by atoms with Gasteiger partial charge in [-0.2, -0.15) is 0 Å². The molecule has 0 spiro atoms. The number of rotatable bonds is 3. The molecule has 0 saturated carbocycles. The van der Waals surface area contributed by atoms with Crippen LogP contribution in [-0.2, 0) is 6.54 Å². The van der Waals surface area contributed by atoms with Crippen molar-refractivity contribution < 1.29 is 4.42 Å². The van der Waals surface area contributed by atoms with Gasteiger partial charge in [-0.25, -0.2) is 4.68 Å². The Morgan fingerprint density at radius 1 is 1.20 bits per heavy atom. The average Bonchev–Trinajstić information content (AvgIpc) is 3.09. The highest BCUT2D eigenvalue weighted by atomic mass is 16.3. The van der Waals surface area contributed by atoms with E-state index >= 15 is 0 Å². The molecule has 5 heteroatoms. The van der Waals surface area contributed by atoms with E-state index in [2.05, 4.69) is 36.3 Å². The Bertz CT molecular complexity index is 728. The van der Waals surface area contributed by atoms with Crippen molar-refractivity contribution in [2.75, 3.05) is 0 Å². The summed E-state index contributed by atoms with van der Waals surface area (Å²) in [6.07, 6.45) is 1.63. The number of nitrogens with zero attached hydrogens (tertiary/aromatic N) is 3. The van der Waals surface area contributed by atoms with E-state index in [0.717, 1.165) is 17.1 Å². The van der Waals surface area contributed by atoms with Gasteiger partial charge in [0.25, 0.3) is 0 Å². The van der Waals surface area contributed by atoms with Crippen molar-refractivity contribution in [3.63, 3.8) is 0 Å². The van der Waals surface area contributed by atoms with Crippen LogP contribution < -0.4 is 5.73 Å². The monoisotopic (exact) mass is 268 g/mol. The Labute approximate surface area is 117 Å². The Morgan fingerprint density at radius 3 is 2.70 bits per heavy atom. The summed E-state index contributed by atoms with van der Waals surface area (Å²) < 4.78 is 7.25. The molecule has 102 valence electrons. The molecule has 0 aliphatic rings. The lowest BCUT2D eigenvalue weighted by molar-refractivity contribution is 0.576. The van der Waals surface area contributed by atoms with Crippen molar-refractivity contribution in [2.45, 2.75) is 20.4 Å². The third kappa shape index (κ3) is 2.02. The van der Waals surface area contributed by atoms with Crippen molar-refractivity contribution in [3.8, 4) is 17.1 Å². The normalized spacial score (nSPS) is 10.9. The van der Waals surface area contributed by atoms with Gasteiger partial charge in [-0.3, -0.25) is 0 Å². The lowest BCUT2D eigenvalue weighted by Gasteiger charge is -2.08. The van der Waals surface area contributed by atoms with Crippen LogP contribution in [0.25, 0.3) is 17.1 Å². The summed E-state index contributed by atoms with van der Waals surface area (Å²) in [4.78, 5) is 0. The Balaban J connectivity index is 2.19. The molecule has 3 rings (SSSR count). The molecule has 0 aliphatic heterocycles. The molecule has 0 amide bonds. The van der Waals surface area contributed by atoms with Crippen molar-refractivity contribution in [3.05, 3.63) is 53.4 Å². The summed E-state index contributed by atoms with van der Waals surface area (Å²) in [6, 6.07) is 9.89. The summed E-state index contributed by atoms with van der Waals surface area (Å²) in [7, 11) is 0. The van der Waals surface area contributed by atoms with Crippen molar-refractivity contribution in [2.24, 2.45) is 5.73 Å². The van der Waals surface area contributed by atoms with Crippen molar-refractivity contribution in [1.29, 1.82) is 0 Å². The van der Waals surface area contributed by atoms with E-state index in [0.29, 0.717) is 12.3 Å². The smallest absolute Gasteiger partial charge is 0.154 e. The van der Waals surface area contributed by atoms with Crippen LogP contribution >= 0.6 is 0 Å². The number of benzene rings is 1. The maximum atomic E-state index is 5.74. The number of furan rings is 1. The molecule has 2 heterocycles. The first-order chi connectivity index (χ1) is 9.70. The minimum absolute atomic E-state index is 0.320. The molecule has 5 nitrogen and oxygen atoms in total. The molecule has 0 saturated heterocycles. The second-order valence-corrected chi connectivity index (χ2v) is 4.75. The van der Waals surface area contributed by atoms with Crippen LogP contribution in [0.1, 0.15) is 16.8 Å². The number of aryl methyl sites for hydroxylation is 2. The van der Waals surface area contributed by atoms with E-state index < -0.39 is 0 Å². The summed E-state index contributed by atoms with van der Waals surface area (Å²) in [5, 5.41) is 8.36. The first kappa shape index (κ1) is 12.6. The zero-order chi connectivity index (χ0) is 14.1. The largest absolute Gasteiger partial charge is 0.463 e. The highest BCUT2D eigenvalue weighted by Gasteiger charge is 2.17. The zero-order valence-corrected chi connectivity index (χ0v) is 11.5. The van der Waals surface area contributed by atoms with Crippen LogP contribution in [0, 0.1) is 13.8 Å². The third-order valence-corrected chi connectivity index (χ3v) is 3.42. The Morgan fingerprint density at radius 2 is 2.05 bits per heavy atom. The second-order valence-electron chi connectivity index (χ2n) is 4.75. The van der Waals surface area contributed by atoms with Gasteiger partial charge in [-0.1, -0.05) is 11.3 Å². The standard InChI is InChI=1S/C15H16N4O/c1-10-5-6-12(8-11(10)2)19-15(13(9-16)17-18-19)14-4-3-7-20-14/h3-8H,9,16H2,1-2H3. The van der Waals surface area contributed by atoms with Crippen LogP contribution in [0.5, 0.6) is 0 Å². The first-order valence-corrected chi connectivity index (χ1v) is 6.47. The quantitative estimate of drug-likeness (QED) is 0.792. The van der Waals surface area contributed by atoms with Gasteiger partial charge in [0.15, 0.2) is 5.76 Å². The minimum Gasteiger partial charge on any atom is -0.463 e. The lowest BCUT2D eigenvalue weighted by Crippen LogP contribution is -2.02. The third-order valence-electron chi connectivity index (χ3n) is 3.42. The second kappa shape index (κ2) is 4.94. The Hall–Kier alpha value is -2.40. The maximum Gasteiger partial charge on any atom is 0.154 e. The molecule has 0 atom stereocenters. The molecule has 1 aromatic carbocycles. The van der Waals surface area contributed by atoms with E-state index in [1.165, 1.54) is 11.1 Å². The highest BCUT2D eigenvalue weighted by Crippen LogP contribution is 2.26. The number of hydrogen-bond acceptors (Lipinski definition) is 4. The summed E-state index contributed by atoms with van der Waals surface area (Å²) in [6.45, 7) is 4.48. The summed E-state index contributed by atoms with van der Waals surface area (Å²) in [5.74, 6) is 0.716. The predicted octanol–water partition coefficient (Wildman–Crippen LogP) is 2.60. The molecule has 3 aromatic rings. The molecule has 0 fully saturated rings. The van der Waals surface area contributed by atoms with Gasteiger partial charge in [0, 0.05) is 6.54 Å². The molecule has 0 bridgehead atoms. The van der Waals surface area contributed by atoms with E-state index in [9.17, 15) is 0 Å². The van der Waals surface area contributed by atoms with E-state index in [1.807, 2.05) is 18.2 Å². The van der Waals surface area contributed by atoms with Crippen LogP contribution in [0.15, 0.2) is 41.0 Å². The molecular formula is C15H16N4O. The molecule has 2 N–H and O–H groups in total. The van der Waals surface area contributed by atoms with Gasteiger partial charge in [0.1, 0.15) is 11.4 Å². The SMILES string of the molecule is Cc1ccc(-n2nnc(CN)c2-c2ccco2)cc1C. The van der Waals surface area contributed by atoms with Crippen LogP contribution in [0.4, 0.5) is 0 Å². The lowest BCUT2D eigenvalue weighted by atomic mass is 10.1. The number of nitrogens with two attached hydrogens (primary N) is 1. The maximum absolute atomic E-state index is 5.74. The van der Waals surface area contributed by atoms with E-state index in [4.69, 9.17) is 10.2 Å². The van der Waals surface area contributed by atoms with Crippen LogP contribution in [0.2, 0.25) is 0 Å². The van der Waals surface area contributed by atoms with Gasteiger partial charge in [0.2, 0.25) is 0 Å². The van der Waals surface area contributed by atoms with Crippen LogP contribution in [-0.4, -0.2) is 15.0 Å². The molecule has 20 heavy (non-hydrogen) atoms. The number of aromatic nitrogens is 3. The predicted molar refractivity (Wildman–Crippen MR) is 76.4 cm³/mol. The summed E-state index contributed by atoms with van der Waals surface area (Å²) in [5.41, 5.74) is 10.7. The first-order valence-electron chi connectivity index (χ1n) is 6.47. The fraction of sp³-hybridized carbons (Fsp3) is 0.200. The molecule has 2 aromatic heterocycles. The van der Waals surface area contributed by atoms with Crippen molar-refractivity contribution in [1.82, 2.24) is 15.0 Å². The molecule has 0 aliphatic carbocycles. The van der Waals surface area contributed by atoms with E-state index in [-0.39, 0.29) is 0 Å². The summed E-state index contributed by atoms with van der Waals surface area (Å²) >= 11 is 0. The van der Waals surface area contributed by atoms with Gasteiger partial charge >= 0.3 is 0 Å². The van der Waals surface area contributed by atoms with E-state index in [1.54, 1.807) is 10.9 Å². The van der Waals surface area contributed by atoms with Crippen LogP contribution in [0.3, 0.4) is 0 Å². The van der Waals surface area contributed by atoms with Gasteiger partial charge in [-0.05, 0) is 49.2 Å². The van der Waals surface area contributed by atoms with Gasteiger partial charge in [-0.15, -0.1) is 5.10 Å². The molecular weight excluding hydrogens is 252 g/mol. The van der Waals surface area contributed by atoms with Crippen molar-refractivity contribution >= 4 is 0 Å². The molecule has 0 unspecified atom stereocenters. The number of hydrogen-bond donors (Lipinski definition) is 1. The van der Waals surface area contributed by atoms with Gasteiger partial charge in [0.05, 0.1) is 12.0 Å².